The van der Waals surface area contributed by atoms with Crippen LogP contribution in [0, 0.1) is 19.7 Å². The monoisotopic (exact) mass is 445 g/mol. The number of ether oxygens (including phenoxy) is 1. The van der Waals surface area contributed by atoms with Crippen LogP contribution in [0.1, 0.15) is 32.0 Å². The molecule has 1 aromatic carbocycles. The van der Waals surface area contributed by atoms with Crippen LogP contribution in [0.3, 0.4) is 0 Å². The Bertz CT molecular complexity index is 1050. The van der Waals surface area contributed by atoms with E-state index in [1.54, 1.807) is 32.0 Å². The molecule has 3 heterocycles. The fraction of sp³-hybridized carbons (Fsp3) is 0.409. The molecule has 7 nitrogen and oxygen atoms in total. The number of morpholine rings is 1. The molecule has 1 amide bonds. The zero-order valence-corrected chi connectivity index (χ0v) is 18.2. The molecule has 2 aliphatic heterocycles. The number of halogens is 1. The fourth-order valence-corrected chi connectivity index (χ4v) is 4.95. The molecule has 31 heavy (non-hydrogen) atoms. The molecule has 4 rings (SSSR count). The third kappa shape index (κ3) is 4.13. The van der Waals surface area contributed by atoms with E-state index < -0.39 is 29.3 Å². The lowest BCUT2D eigenvalue weighted by Crippen LogP contribution is -2.43. The van der Waals surface area contributed by atoms with E-state index in [1.165, 1.54) is 22.3 Å². The van der Waals surface area contributed by atoms with Crippen LogP contribution in [0.25, 0.3) is 0 Å². The molecule has 0 bridgehead atoms. The van der Waals surface area contributed by atoms with Gasteiger partial charge in [0.25, 0.3) is 5.91 Å². The Balaban J connectivity index is 1.71. The largest absolute Gasteiger partial charge is 0.503 e. The number of carbonyl (C=O) groups excluding carboxylic acids is 2. The predicted molar refractivity (Wildman–Crippen MR) is 114 cm³/mol. The van der Waals surface area contributed by atoms with Crippen molar-refractivity contribution in [3.8, 4) is 0 Å². The molecule has 0 aliphatic carbocycles. The molecule has 2 aromatic rings. The zero-order valence-electron chi connectivity index (χ0n) is 17.4. The highest BCUT2D eigenvalue weighted by Crippen LogP contribution is 2.40. The molecular weight excluding hydrogens is 421 g/mol. The zero-order chi connectivity index (χ0) is 22.1. The Morgan fingerprint density at radius 1 is 1.26 bits per heavy atom. The van der Waals surface area contributed by atoms with E-state index in [4.69, 9.17) is 4.74 Å². The number of ketones is 1. The summed E-state index contributed by atoms with van der Waals surface area (Å²) in [4.78, 5) is 34.6. The van der Waals surface area contributed by atoms with Gasteiger partial charge in [0, 0.05) is 31.7 Å². The first-order valence-electron chi connectivity index (χ1n) is 10.2. The number of Topliss-reactive ketones (excluding diaryl/α,β-unsaturated/α-hetero) is 1. The van der Waals surface area contributed by atoms with Gasteiger partial charge in [0.15, 0.2) is 5.76 Å². The Morgan fingerprint density at radius 2 is 1.97 bits per heavy atom. The van der Waals surface area contributed by atoms with Gasteiger partial charge in [0.05, 0.1) is 40.4 Å². The number of hydrogen-bond acceptors (Lipinski definition) is 7. The smallest absolute Gasteiger partial charge is 0.290 e. The summed E-state index contributed by atoms with van der Waals surface area (Å²) in [5, 5.41) is 11.4. The minimum atomic E-state index is -0.996. The van der Waals surface area contributed by atoms with E-state index in [-0.39, 0.29) is 17.7 Å². The number of aliphatic hydroxyl groups excluding tert-OH is 1. The van der Waals surface area contributed by atoms with Gasteiger partial charge in [-0.05, 0) is 19.9 Å². The van der Waals surface area contributed by atoms with Crippen molar-refractivity contribution in [3.63, 3.8) is 0 Å². The molecule has 0 spiro atoms. The summed E-state index contributed by atoms with van der Waals surface area (Å²) < 4.78 is 20.2. The number of nitrogens with zero attached hydrogens (tertiary/aromatic N) is 3. The Morgan fingerprint density at radius 3 is 2.61 bits per heavy atom. The van der Waals surface area contributed by atoms with Crippen molar-refractivity contribution in [3.05, 3.63) is 62.6 Å². The van der Waals surface area contributed by atoms with E-state index in [0.29, 0.717) is 35.3 Å². The molecule has 0 radical (unpaired) electrons. The van der Waals surface area contributed by atoms with Crippen molar-refractivity contribution in [2.24, 2.45) is 0 Å². The van der Waals surface area contributed by atoms with Gasteiger partial charge >= 0.3 is 0 Å². The van der Waals surface area contributed by atoms with Gasteiger partial charge in [-0.15, -0.1) is 11.3 Å². The van der Waals surface area contributed by atoms with Gasteiger partial charge in [0.1, 0.15) is 5.82 Å². The number of rotatable bonds is 6. The van der Waals surface area contributed by atoms with Gasteiger partial charge in [-0.1, -0.05) is 18.2 Å². The number of aryl methyl sites for hydroxylation is 2. The van der Waals surface area contributed by atoms with Crippen molar-refractivity contribution in [1.29, 1.82) is 0 Å². The van der Waals surface area contributed by atoms with Gasteiger partial charge < -0.3 is 14.7 Å². The molecule has 0 saturated carbocycles. The average molecular weight is 446 g/mol. The lowest BCUT2D eigenvalue weighted by Gasteiger charge is -2.31. The summed E-state index contributed by atoms with van der Waals surface area (Å²) >= 11 is 1.20. The number of carbonyl (C=O) groups is 2. The van der Waals surface area contributed by atoms with E-state index in [2.05, 4.69) is 9.88 Å². The van der Waals surface area contributed by atoms with Crippen LogP contribution in [-0.2, 0) is 9.53 Å². The first-order valence-corrected chi connectivity index (χ1v) is 11.0. The molecule has 164 valence electrons. The Hall–Kier alpha value is -2.62. The standard InChI is InChI=1S/C22H24FN3O4S/c1-13-21(31-14(2)24-13)19(27)17-18(15-5-3-4-6-16(15)23)26(22(29)20(17)28)8-7-25-9-11-30-12-10-25/h3-6,18,28H,7-12H2,1-2H3/t18-/m1/s1. The third-order valence-corrected chi connectivity index (χ3v) is 6.69. The van der Waals surface area contributed by atoms with E-state index in [0.717, 1.165) is 13.1 Å². The minimum Gasteiger partial charge on any atom is -0.503 e. The number of aliphatic hydroxyl groups is 1. The second kappa shape index (κ2) is 8.86. The van der Waals surface area contributed by atoms with E-state index in [9.17, 15) is 19.1 Å². The Kier molecular flexibility index (Phi) is 6.17. The van der Waals surface area contributed by atoms with Crippen molar-refractivity contribution < 1.29 is 23.8 Å². The van der Waals surface area contributed by atoms with Crippen molar-refractivity contribution in [1.82, 2.24) is 14.8 Å². The summed E-state index contributed by atoms with van der Waals surface area (Å²) in [6, 6.07) is 5.05. The normalized spacial score (nSPS) is 20.0. The highest BCUT2D eigenvalue weighted by molar-refractivity contribution is 7.14. The van der Waals surface area contributed by atoms with Crippen LogP contribution < -0.4 is 0 Å². The number of amides is 1. The van der Waals surface area contributed by atoms with Gasteiger partial charge in [-0.25, -0.2) is 9.37 Å². The first-order chi connectivity index (χ1) is 14.9. The van der Waals surface area contributed by atoms with Crippen molar-refractivity contribution >= 4 is 23.0 Å². The molecule has 1 aromatic heterocycles. The predicted octanol–water partition coefficient (Wildman–Crippen LogP) is 2.81. The lowest BCUT2D eigenvalue weighted by atomic mass is 9.94. The third-order valence-electron chi connectivity index (χ3n) is 5.62. The van der Waals surface area contributed by atoms with Crippen LogP contribution in [0.5, 0.6) is 0 Å². The highest BCUT2D eigenvalue weighted by Gasteiger charge is 2.45. The molecule has 1 atom stereocenters. The number of hydrogen-bond donors (Lipinski definition) is 1. The van der Waals surface area contributed by atoms with Crippen LogP contribution in [0.4, 0.5) is 4.39 Å². The van der Waals surface area contributed by atoms with Crippen LogP contribution in [-0.4, -0.2) is 71.0 Å². The highest BCUT2D eigenvalue weighted by atomic mass is 32.1. The molecule has 1 fully saturated rings. The van der Waals surface area contributed by atoms with Crippen molar-refractivity contribution in [2.45, 2.75) is 19.9 Å². The summed E-state index contributed by atoms with van der Waals surface area (Å²) in [6.45, 7) is 6.97. The second-order valence-corrected chi connectivity index (χ2v) is 8.82. The number of thiazole rings is 1. The van der Waals surface area contributed by atoms with Crippen LogP contribution in [0.2, 0.25) is 0 Å². The average Bonchev–Trinajstić information content (AvgIpc) is 3.23. The van der Waals surface area contributed by atoms with E-state index >= 15 is 0 Å². The molecule has 9 heteroatoms. The number of aromatic nitrogens is 1. The summed E-state index contributed by atoms with van der Waals surface area (Å²) in [5.74, 6) is -2.31. The van der Waals surface area contributed by atoms with Crippen molar-refractivity contribution in [2.75, 3.05) is 39.4 Å². The molecular formula is C22H24FN3O4S. The number of benzene rings is 1. The lowest BCUT2D eigenvalue weighted by molar-refractivity contribution is -0.129. The minimum absolute atomic E-state index is 0.0937. The summed E-state index contributed by atoms with van der Waals surface area (Å²) in [5.41, 5.74) is 0.618. The van der Waals surface area contributed by atoms with Crippen LogP contribution in [0.15, 0.2) is 35.6 Å². The van der Waals surface area contributed by atoms with Gasteiger partial charge in [-0.3, -0.25) is 14.5 Å². The second-order valence-electron chi connectivity index (χ2n) is 7.62. The quantitative estimate of drug-likeness (QED) is 0.689. The maximum Gasteiger partial charge on any atom is 0.290 e. The molecule has 0 unspecified atom stereocenters. The fourth-order valence-electron chi connectivity index (χ4n) is 4.07. The summed E-state index contributed by atoms with van der Waals surface area (Å²) in [6.07, 6.45) is 0. The maximum absolute atomic E-state index is 14.8. The molecule has 2 aliphatic rings. The van der Waals surface area contributed by atoms with Gasteiger partial charge in [0.2, 0.25) is 5.78 Å². The SMILES string of the molecule is Cc1nc(C)c(C(=O)C2=C(O)C(=O)N(CCN3CCOCC3)[C@@H]2c2ccccc2F)s1. The van der Waals surface area contributed by atoms with E-state index in [1.807, 2.05) is 0 Å². The Labute approximate surface area is 183 Å². The molecule has 1 saturated heterocycles. The maximum atomic E-state index is 14.8. The topological polar surface area (TPSA) is 83.0 Å². The first kappa shape index (κ1) is 21.6. The van der Waals surface area contributed by atoms with Gasteiger partial charge in [-0.2, -0.15) is 0 Å². The van der Waals surface area contributed by atoms with Crippen LogP contribution >= 0.6 is 11.3 Å². The summed E-state index contributed by atoms with van der Waals surface area (Å²) in [7, 11) is 0. The molecule has 1 N–H and O–H groups in total.